The summed E-state index contributed by atoms with van der Waals surface area (Å²) in [6, 6.07) is 0.278. The summed E-state index contributed by atoms with van der Waals surface area (Å²) < 4.78 is 11.8. The topological polar surface area (TPSA) is 29.3 Å². The summed E-state index contributed by atoms with van der Waals surface area (Å²) in [6.07, 6.45) is 2.23. The fourth-order valence-corrected chi connectivity index (χ4v) is 1.41. The summed E-state index contributed by atoms with van der Waals surface area (Å²) in [7, 11) is 0. The molecule has 0 aromatic rings. The van der Waals surface area contributed by atoms with E-state index in [1.807, 2.05) is 0 Å². The molecule has 2 N–H and O–H groups in total. The van der Waals surface area contributed by atoms with Crippen molar-refractivity contribution in [3.63, 3.8) is 0 Å². The lowest BCUT2D eigenvalue weighted by Crippen LogP contribution is -2.43. The van der Waals surface area contributed by atoms with Gasteiger partial charge in [-0.2, -0.15) is 0 Å². The molecule has 0 saturated carbocycles. The Kier molecular flexibility index (Phi) is 3.09. The number of nitrogens with zero attached hydrogens (tertiary/aromatic N) is 1. The molecule has 0 unspecified atom stereocenters. The molecule has 1 aliphatic heterocycles. The van der Waals surface area contributed by atoms with Crippen molar-refractivity contribution < 1.29 is 4.39 Å². The van der Waals surface area contributed by atoms with Crippen LogP contribution in [0.15, 0.2) is 0 Å². The van der Waals surface area contributed by atoms with Gasteiger partial charge in [0, 0.05) is 19.1 Å². The zero-order chi connectivity index (χ0) is 7.40. The first-order valence-electron chi connectivity index (χ1n) is 3.87. The highest BCUT2D eigenvalue weighted by Gasteiger charge is 2.15. The van der Waals surface area contributed by atoms with Gasteiger partial charge in [-0.05, 0) is 19.4 Å². The zero-order valence-electron chi connectivity index (χ0n) is 6.22. The molecule has 0 aromatic heterocycles. The molecule has 1 aliphatic rings. The minimum Gasteiger partial charge on any atom is -0.327 e. The van der Waals surface area contributed by atoms with Crippen LogP contribution in [0.1, 0.15) is 12.8 Å². The number of halogens is 1. The lowest BCUT2D eigenvalue weighted by molar-refractivity contribution is 0.194. The highest BCUT2D eigenvalue weighted by atomic mass is 19.1. The van der Waals surface area contributed by atoms with Crippen molar-refractivity contribution in [1.82, 2.24) is 4.90 Å². The molecule has 10 heavy (non-hydrogen) atoms. The zero-order valence-corrected chi connectivity index (χ0v) is 6.22. The number of rotatable bonds is 2. The quantitative estimate of drug-likeness (QED) is 0.610. The van der Waals surface area contributed by atoms with E-state index < -0.39 is 0 Å². The molecule has 3 heteroatoms. The highest BCUT2D eigenvalue weighted by molar-refractivity contribution is 4.74. The molecule has 0 aromatic carbocycles. The van der Waals surface area contributed by atoms with Crippen LogP contribution in [0.4, 0.5) is 4.39 Å². The molecule has 0 amide bonds. The Morgan fingerprint density at radius 3 is 3.00 bits per heavy atom. The first-order valence-corrected chi connectivity index (χ1v) is 3.87. The van der Waals surface area contributed by atoms with Crippen LogP contribution in [-0.4, -0.2) is 37.3 Å². The summed E-state index contributed by atoms with van der Waals surface area (Å²) in [5.74, 6) is 0. The Labute approximate surface area is 61.2 Å². The minimum atomic E-state index is -0.243. The molecule has 1 saturated heterocycles. The number of nitrogens with two attached hydrogens (primary N) is 1. The minimum absolute atomic E-state index is 0.243. The second-order valence-electron chi connectivity index (χ2n) is 2.89. The Balaban J connectivity index is 2.18. The van der Waals surface area contributed by atoms with Crippen molar-refractivity contribution in [2.45, 2.75) is 18.9 Å². The average molecular weight is 146 g/mol. The van der Waals surface area contributed by atoms with Crippen molar-refractivity contribution in [2.24, 2.45) is 5.73 Å². The van der Waals surface area contributed by atoms with Gasteiger partial charge in [0.2, 0.25) is 0 Å². The van der Waals surface area contributed by atoms with Gasteiger partial charge in [-0.3, -0.25) is 4.90 Å². The fraction of sp³-hybridized carbons (Fsp3) is 1.00. The molecule has 2 nitrogen and oxygen atoms in total. The van der Waals surface area contributed by atoms with E-state index in [-0.39, 0.29) is 12.7 Å². The monoisotopic (exact) mass is 146 g/mol. The first kappa shape index (κ1) is 7.95. The van der Waals surface area contributed by atoms with Gasteiger partial charge in [0.25, 0.3) is 0 Å². The van der Waals surface area contributed by atoms with E-state index in [0.717, 1.165) is 25.9 Å². The summed E-state index contributed by atoms with van der Waals surface area (Å²) in [4.78, 5) is 2.09. The smallest absolute Gasteiger partial charge is 0.102 e. The van der Waals surface area contributed by atoms with Gasteiger partial charge >= 0.3 is 0 Å². The second-order valence-corrected chi connectivity index (χ2v) is 2.89. The standard InChI is InChI=1S/C7H15FN2/c8-3-5-10-4-1-2-7(9)6-10/h7H,1-6,9H2/t7-/m1/s1. The van der Waals surface area contributed by atoms with Crippen molar-refractivity contribution in [2.75, 3.05) is 26.3 Å². The maximum Gasteiger partial charge on any atom is 0.102 e. The largest absolute Gasteiger partial charge is 0.327 e. The van der Waals surface area contributed by atoms with Crippen LogP contribution in [0.2, 0.25) is 0 Å². The Bertz CT molecular complexity index is 95.6. The van der Waals surface area contributed by atoms with Gasteiger partial charge in [0.05, 0.1) is 0 Å². The molecule has 0 bridgehead atoms. The molecule has 60 valence electrons. The van der Waals surface area contributed by atoms with Crippen LogP contribution < -0.4 is 5.73 Å². The Hall–Kier alpha value is -0.150. The first-order chi connectivity index (χ1) is 4.83. The molecule has 0 radical (unpaired) electrons. The van der Waals surface area contributed by atoms with Crippen molar-refractivity contribution in [3.05, 3.63) is 0 Å². The molecule has 0 spiro atoms. The second kappa shape index (κ2) is 3.88. The Morgan fingerprint density at radius 1 is 1.60 bits per heavy atom. The summed E-state index contributed by atoms with van der Waals surface area (Å²) >= 11 is 0. The van der Waals surface area contributed by atoms with E-state index >= 15 is 0 Å². The van der Waals surface area contributed by atoms with Crippen LogP contribution in [0.25, 0.3) is 0 Å². The van der Waals surface area contributed by atoms with Crippen LogP contribution in [-0.2, 0) is 0 Å². The summed E-state index contributed by atoms with van der Waals surface area (Å²) in [5, 5.41) is 0. The van der Waals surface area contributed by atoms with Gasteiger partial charge in [-0.1, -0.05) is 0 Å². The predicted octanol–water partition coefficient (Wildman–Crippen LogP) is 0.379. The maximum atomic E-state index is 11.8. The SMILES string of the molecule is N[C@@H]1CCCN(CCF)C1. The predicted molar refractivity (Wildman–Crippen MR) is 39.6 cm³/mol. The summed E-state index contributed by atoms with van der Waals surface area (Å²) in [6.45, 7) is 2.22. The highest BCUT2D eigenvalue weighted by Crippen LogP contribution is 2.06. The number of alkyl halides is 1. The van der Waals surface area contributed by atoms with Gasteiger partial charge in [0.1, 0.15) is 6.67 Å². The molecule has 1 heterocycles. The lowest BCUT2D eigenvalue weighted by atomic mass is 10.1. The van der Waals surface area contributed by atoms with Gasteiger partial charge in [-0.25, -0.2) is 4.39 Å². The molecule has 1 fully saturated rings. The van der Waals surface area contributed by atoms with Gasteiger partial charge in [-0.15, -0.1) is 0 Å². The fourth-order valence-electron chi connectivity index (χ4n) is 1.41. The third-order valence-corrected chi connectivity index (χ3v) is 1.94. The Morgan fingerprint density at radius 2 is 2.40 bits per heavy atom. The van der Waals surface area contributed by atoms with Crippen molar-refractivity contribution in [3.8, 4) is 0 Å². The molecule has 1 atom stereocenters. The van der Waals surface area contributed by atoms with E-state index in [1.165, 1.54) is 0 Å². The number of likely N-dealkylation sites (tertiary alicyclic amines) is 1. The molecule has 1 rings (SSSR count). The van der Waals surface area contributed by atoms with Crippen molar-refractivity contribution in [1.29, 1.82) is 0 Å². The van der Waals surface area contributed by atoms with Crippen LogP contribution in [0.5, 0.6) is 0 Å². The van der Waals surface area contributed by atoms with Gasteiger partial charge < -0.3 is 5.73 Å². The van der Waals surface area contributed by atoms with E-state index in [2.05, 4.69) is 4.90 Å². The third-order valence-electron chi connectivity index (χ3n) is 1.94. The van der Waals surface area contributed by atoms with Crippen LogP contribution >= 0.6 is 0 Å². The van der Waals surface area contributed by atoms with E-state index in [9.17, 15) is 4.39 Å². The average Bonchev–Trinajstić information content (AvgIpc) is 1.88. The normalized spacial score (nSPS) is 28.8. The summed E-state index contributed by atoms with van der Waals surface area (Å²) in [5.41, 5.74) is 5.69. The van der Waals surface area contributed by atoms with E-state index in [1.54, 1.807) is 0 Å². The molecular formula is C7H15FN2. The number of hydrogen-bond acceptors (Lipinski definition) is 2. The van der Waals surface area contributed by atoms with E-state index in [0.29, 0.717) is 6.54 Å². The lowest BCUT2D eigenvalue weighted by Gasteiger charge is -2.29. The molecular weight excluding hydrogens is 131 g/mol. The molecule has 0 aliphatic carbocycles. The maximum absolute atomic E-state index is 11.8. The van der Waals surface area contributed by atoms with Crippen LogP contribution in [0.3, 0.4) is 0 Å². The van der Waals surface area contributed by atoms with Crippen molar-refractivity contribution >= 4 is 0 Å². The third kappa shape index (κ3) is 2.23. The number of piperidine rings is 1. The number of hydrogen-bond donors (Lipinski definition) is 1. The van der Waals surface area contributed by atoms with E-state index in [4.69, 9.17) is 5.73 Å². The van der Waals surface area contributed by atoms with Crippen LogP contribution in [0, 0.1) is 0 Å². The van der Waals surface area contributed by atoms with Gasteiger partial charge in [0.15, 0.2) is 0 Å².